The number of hydrogen-bond donors (Lipinski definition) is 1. The molecule has 2 aromatic rings. The first-order chi connectivity index (χ1) is 13.1. The molecule has 0 saturated carbocycles. The minimum absolute atomic E-state index is 0.0847. The first-order valence-electron chi connectivity index (χ1n) is 8.77. The van der Waals surface area contributed by atoms with Crippen LogP contribution in [0.2, 0.25) is 5.02 Å². The molecule has 1 aromatic heterocycles. The van der Waals surface area contributed by atoms with E-state index < -0.39 is 21.6 Å². The zero-order valence-electron chi connectivity index (χ0n) is 15.9. The number of furan rings is 1. The summed E-state index contributed by atoms with van der Waals surface area (Å²) in [5.74, 6) is -0.434. The average Bonchev–Trinajstić information content (AvgIpc) is 2.96. The lowest BCUT2D eigenvalue weighted by Crippen LogP contribution is -2.45. The second-order valence-corrected chi connectivity index (χ2v) is 9.16. The van der Waals surface area contributed by atoms with E-state index in [1.807, 2.05) is 0 Å². The van der Waals surface area contributed by atoms with Crippen LogP contribution in [0.1, 0.15) is 40.3 Å². The van der Waals surface area contributed by atoms with Gasteiger partial charge in [0.1, 0.15) is 22.0 Å². The fraction of sp³-hybridized carbons (Fsp3) is 0.421. The third-order valence-electron chi connectivity index (χ3n) is 5.12. The Balaban J connectivity index is 1.88. The van der Waals surface area contributed by atoms with Crippen molar-refractivity contribution in [3.8, 4) is 0 Å². The Bertz CT molecular complexity index is 988. The van der Waals surface area contributed by atoms with Crippen LogP contribution in [0.15, 0.2) is 33.6 Å². The highest BCUT2D eigenvalue weighted by molar-refractivity contribution is 7.89. The van der Waals surface area contributed by atoms with Crippen LogP contribution in [0.4, 0.5) is 0 Å². The van der Waals surface area contributed by atoms with Gasteiger partial charge in [-0.25, -0.2) is 13.2 Å². The highest BCUT2D eigenvalue weighted by Crippen LogP contribution is 2.37. The van der Waals surface area contributed by atoms with Crippen LogP contribution in [0.25, 0.3) is 0 Å². The summed E-state index contributed by atoms with van der Waals surface area (Å²) < 4.78 is 37.8. The van der Waals surface area contributed by atoms with Gasteiger partial charge in [-0.3, -0.25) is 0 Å². The number of carbonyl (C=O) groups excluding carboxylic acids is 1. The molecular weight excluding hydrogens is 406 g/mol. The predicted molar refractivity (Wildman–Crippen MR) is 103 cm³/mol. The predicted octanol–water partition coefficient (Wildman–Crippen LogP) is 3.01. The van der Waals surface area contributed by atoms with E-state index in [9.17, 15) is 18.3 Å². The smallest absolute Gasteiger partial charge is 0.342 e. The van der Waals surface area contributed by atoms with Crippen LogP contribution >= 0.6 is 11.6 Å². The third-order valence-corrected chi connectivity index (χ3v) is 7.43. The van der Waals surface area contributed by atoms with Gasteiger partial charge in [-0.05, 0) is 44.4 Å². The van der Waals surface area contributed by atoms with Crippen molar-refractivity contribution in [2.75, 3.05) is 20.2 Å². The van der Waals surface area contributed by atoms with Gasteiger partial charge >= 0.3 is 5.97 Å². The number of aryl methyl sites for hydroxylation is 2. The molecule has 0 spiro atoms. The summed E-state index contributed by atoms with van der Waals surface area (Å²) in [6.45, 7) is 3.23. The Kier molecular flexibility index (Phi) is 5.60. The quantitative estimate of drug-likeness (QED) is 0.753. The van der Waals surface area contributed by atoms with Crippen molar-refractivity contribution >= 4 is 27.6 Å². The van der Waals surface area contributed by atoms with E-state index in [2.05, 4.69) is 0 Å². The summed E-state index contributed by atoms with van der Waals surface area (Å²) in [4.78, 5) is 11.9. The summed E-state index contributed by atoms with van der Waals surface area (Å²) in [5, 5.41) is 11.5. The van der Waals surface area contributed by atoms with Crippen molar-refractivity contribution in [1.29, 1.82) is 0 Å². The molecule has 28 heavy (non-hydrogen) atoms. The van der Waals surface area contributed by atoms with Gasteiger partial charge in [0.05, 0.1) is 12.7 Å². The number of nitrogens with zero attached hydrogens (tertiary/aromatic N) is 1. The lowest BCUT2D eigenvalue weighted by molar-refractivity contribution is -0.00964. The number of benzene rings is 1. The average molecular weight is 428 g/mol. The third kappa shape index (κ3) is 3.57. The summed E-state index contributed by atoms with van der Waals surface area (Å²) in [6, 6.07) is 6.87. The molecule has 0 unspecified atom stereocenters. The van der Waals surface area contributed by atoms with Gasteiger partial charge in [0.15, 0.2) is 0 Å². The highest BCUT2D eigenvalue weighted by atomic mass is 35.5. The number of halogens is 1. The van der Waals surface area contributed by atoms with E-state index in [0.717, 1.165) is 0 Å². The molecular formula is C19H22ClNO6S. The number of hydrogen-bond acceptors (Lipinski definition) is 6. The van der Waals surface area contributed by atoms with E-state index in [0.29, 0.717) is 10.6 Å². The number of ether oxygens (including phenoxy) is 1. The summed E-state index contributed by atoms with van der Waals surface area (Å²) >= 11 is 5.90. The number of aliphatic hydroxyl groups is 1. The molecule has 1 aromatic carbocycles. The van der Waals surface area contributed by atoms with Crippen LogP contribution in [0.5, 0.6) is 0 Å². The van der Waals surface area contributed by atoms with Gasteiger partial charge in [-0.15, -0.1) is 0 Å². The maximum absolute atomic E-state index is 13.2. The van der Waals surface area contributed by atoms with Crippen molar-refractivity contribution < 1.29 is 27.5 Å². The summed E-state index contributed by atoms with van der Waals surface area (Å²) in [7, 11) is -2.80. The monoisotopic (exact) mass is 427 g/mol. The number of sulfonamides is 1. The molecule has 1 aliphatic rings. The first-order valence-corrected chi connectivity index (χ1v) is 10.6. The van der Waals surface area contributed by atoms with Crippen molar-refractivity contribution in [3.05, 3.63) is 51.9 Å². The zero-order valence-corrected chi connectivity index (χ0v) is 17.4. The molecule has 1 fully saturated rings. The molecule has 0 atom stereocenters. The minimum atomic E-state index is -3.99. The van der Waals surface area contributed by atoms with Gasteiger partial charge in [0.25, 0.3) is 0 Å². The maximum Gasteiger partial charge on any atom is 0.342 e. The number of esters is 1. The van der Waals surface area contributed by atoms with Gasteiger partial charge in [-0.2, -0.15) is 4.31 Å². The molecule has 152 valence electrons. The van der Waals surface area contributed by atoms with E-state index in [1.165, 1.54) is 25.3 Å². The van der Waals surface area contributed by atoms with Gasteiger partial charge < -0.3 is 14.3 Å². The number of piperidine rings is 1. The molecule has 1 saturated heterocycles. The highest BCUT2D eigenvalue weighted by Gasteiger charge is 2.41. The summed E-state index contributed by atoms with van der Waals surface area (Å²) in [6.07, 6.45) is 0.439. The fourth-order valence-electron chi connectivity index (χ4n) is 3.59. The zero-order chi connectivity index (χ0) is 20.7. The molecule has 0 bridgehead atoms. The van der Waals surface area contributed by atoms with E-state index >= 15 is 0 Å². The normalized spacial score (nSPS) is 17.5. The number of rotatable bonds is 4. The van der Waals surface area contributed by atoms with Crippen molar-refractivity contribution in [3.63, 3.8) is 0 Å². The molecule has 9 heteroatoms. The maximum atomic E-state index is 13.2. The van der Waals surface area contributed by atoms with Crippen molar-refractivity contribution in [2.24, 2.45) is 0 Å². The van der Waals surface area contributed by atoms with Crippen LogP contribution in [0.3, 0.4) is 0 Å². The molecule has 1 aliphatic heterocycles. The summed E-state index contributed by atoms with van der Waals surface area (Å²) in [5.41, 5.74) is -0.526. The molecule has 0 aliphatic carbocycles. The van der Waals surface area contributed by atoms with Crippen molar-refractivity contribution in [1.82, 2.24) is 4.31 Å². The first kappa shape index (κ1) is 20.9. The molecule has 3 rings (SSSR count). The molecule has 0 amide bonds. The second-order valence-electron chi connectivity index (χ2n) is 6.85. The standard InChI is InChI=1S/C19H22ClNO6S/c1-12-16(18(22)26-3)17(13(2)27-12)28(24,25)21-10-8-19(23,9-11-21)14-4-6-15(20)7-5-14/h4-7,23H,8-11H2,1-3H3. The SMILES string of the molecule is COC(=O)c1c(C)oc(C)c1S(=O)(=O)N1CCC(O)(c2ccc(Cl)cc2)CC1. The Labute approximate surface area is 168 Å². The topological polar surface area (TPSA) is 97.0 Å². The Hall–Kier alpha value is -1.87. The van der Waals surface area contributed by atoms with Gasteiger partial charge in [-0.1, -0.05) is 23.7 Å². The van der Waals surface area contributed by atoms with Crippen LogP contribution in [0, 0.1) is 13.8 Å². The molecule has 0 radical (unpaired) electrons. The van der Waals surface area contributed by atoms with Gasteiger partial charge in [0, 0.05) is 18.1 Å². The lowest BCUT2D eigenvalue weighted by atomic mass is 9.85. The fourth-order valence-corrected chi connectivity index (χ4v) is 5.52. The Morgan fingerprint density at radius 3 is 2.29 bits per heavy atom. The minimum Gasteiger partial charge on any atom is -0.465 e. The Morgan fingerprint density at radius 2 is 1.75 bits per heavy atom. The Morgan fingerprint density at radius 1 is 1.18 bits per heavy atom. The van der Waals surface area contributed by atoms with Crippen LogP contribution in [-0.2, 0) is 20.4 Å². The van der Waals surface area contributed by atoms with E-state index in [1.54, 1.807) is 24.3 Å². The van der Waals surface area contributed by atoms with Gasteiger partial charge in [0.2, 0.25) is 10.0 Å². The van der Waals surface area contributed by atoms with E-state index in [-0.39, 0.29) is 47.9 Å². The largest absolute Gasteiger partial charge is 0.465 e. The van der Waals surface area contributed by atoms with Crippen molar-refractivity contribution in [2.45, 2.75) is 37.2 Å². The van der Waals surface area contributed by atoms with Crippen LogP contribution in [-0.4, -0.2) is 44.0 Å². The molecule has 2 heterocycles. The number of carbonyl (C=O) groups is 1. The lowest BCUT2D eigenvalue weighted by Gasteiger charge is -2.37. The van der Waals surface area contributed by atoms with Crippen LogP contribution < -0.4 is 0 Å². The van der Waals surface area contributed by atoms with E-state index in [4.69, 9.17) is 20.8 Å². The molecule has 1 N–H and O–H groups in total. The second kappa shape index (κ2) is 7.51. The number of methoxy groups -OCH3 is 1. The molecule has 7 nitrogen and oxygen atoms in total.